The molecule has 0 N–H and O–H groups in total. The summed E-state index contributed by atoms with van der Waals surface area (Å²) in [6.07, 6.45) is -4.16. The van der Waals surface area contributed by atoms with E-state index < -0.39 is 22.4 Å². The Morgan fingerprint density at radius 3 is 2.41 bits per heavy atom. The van der Waals surface area contributed by atoms with Crippen LogP contribution in [0.5, 0.6) is 0 Å². The maximum atomic E-state index is 12.7. The zero-order valence-corrected chi connectivity index (χ0v) is 9.41. The van der Waals surface area contributed by atoms with Gasteiger partial charge in [-0.2, -0.15) is 13.2 Å². The van der Waals surface area contributed by atoms with E-state index in [4.69, 9.17) is 0 Å². The highest BCUT2D eigenvalue weighted by molar-refractivity contribution is 5.50. The Morgan fingerprint density at radius 1 is 1.41 bits per heavy atom. The van der Waals surface area contributed by atoms with Crippen LogP contribution in [0.1, 0.15) is 37.3 Å². The molecule has 0 radical (unpaired) electrons. The Hall–Kier alpha value is -1.59. The monoisotopic (exact) mass is 247 g/mol. The van der Waals surface area contributed by atoms with Gasteiger partial charge in [0, 0.05) is 5.56 Å². The van der Waals surface area contributed by atoms with Crippen LogP contribution in [0.2, 0.25) is 0 Å². The molecule has 0 aliphatic carbocycles. The minimum Gasteiger partial charge on any atom is -0.258 e. The topological polar surface area (TPSA) is 43.1 Å². The zero-order chi connectivity index (χ0) is 13.2. The summed E-state index contributed by atoms with van der Waals surface area (Å²) in [5, 5.41) is 10.8. The standard InChI is InChI=1S/C11H12F3NO2/c1-3-7(2)8-5-4-6-9(11(12,13)14)10(8)15(16)17/h4-7H,3H2,1-2H3. The molecule has 6 heteroatoms. The smallest absolute Gasteiger partial charge is 0.258 e. The molecule has 1 rings (SSSR count). The first-order chi connectivity index (χ1) is 7.79. The third-order valence-corrected chi connectivity index (χ3v) is 2.70. The minimum absolute atomic E-state index is 0.132. The second-order valence-corrected chi connectivity index (χ2v) is 3.81. The van der Waals surface area contributed by atoms with Gasteiger partial charge in [-0.05, 0) is 18.4 Å². The molecule has 0 heterocycles. The largest absolute Gasteiger partial charge is 0.423 e. The van der Waals surface area contributed by atoms with E-state index in [-0.39, 0.29) is 11.5 Å². The van der Waals surface area contributed by atoms with E-state index in [9.17, 15) is 23.3 Å². The first kappa shape index (κ1) is 13.5. The van der Waals surface area contributed by atoms with Crippen LogP contribution < -0.4 is 0 Å². The molecule has 0 bridgehead atoms. The normalized spacial score (nSPS) is 13.5. The molecule has 0 aliphatic rings. The predicted molar refractivity (Wildman–Crippen MR) is 56.8 cm³/mol. The van der Waals surface area contributed by atoms with E-state index >= 15 is 0 Å². The number of hydrogen-bond acceptors (Lipinski definition) is 2. The molecule has 0 aromatic heterocycles. The highest BCUT2D eigenvalue weighted by atomic mass is 19.4. The fraction of sp³-hybridized carbons (Fsp3) is 0.455. The zero-order valence-electron chi connectivity index (χ0n) is 9.41. The number of nitro groups is 1. The number of nitro benzene ring substituents is 1. The number of hydrogen-bond donors (Lipinski definition) is 0. The maximum absolute atomic E-state index is 12.7. The Kier molecular flexibility index (Phi) is 3.75. The molecule has 0 aliphatic heterocycles. The highest BCUT2D eigenvalue weighted by Gasteiger charge is 2.40. The van der Waals surface area contributed by atoms with Crippen molar-refractivity contribution in [1.29, 1.82) is 0 Å². The molecule has 1 aromatic carbocycles. The lowest BCUT2D eigenvalue weighted by molar-refractivity contribution is -0.388. The fourth-order valence-corrected chi connectivity index (χ4v) is 1.61. The Bertz CT molecular complexity index is 429. The molecule has 0 fully saturated rings. The van der Waals surface area contributed by atoms with E-state index in [0.29, 0.717) is 6.42 Å². The van der Waals surface area contributed by atoms with Gasteiger partial charge < -0.3 is 0 Å². The lowest BCUT2D eigenvalue weighted by Crippen LogP contribution is -2.11. The molecular weight excluding hydrogens is 235 g/mol. The van der Waals surface area contributed by atoms with Gasteiger partial charge in [0.25, 0.3) is 5.69 Å². The summed E-state index contributed by atoms with van der Waals surface area (Å²) in [7, 11) is 0. The molecule has 1 atom stereocenters. The first-order valence-electron chi connectivity index (χ1n) is 5.13. The van der Waals surface area contributed by atoms with Crippen molar-refractivity contribution in [2.45, 2.75) is 32.4 Å². The van der Waals surface area contributed by atoms with Crippen LogP contribution in [0.3, 0.4) is 0 Å². The van der Waals surface area contributed by atoms with E-state index in [1.165, 1.54) is 12.1 Å². The van der Waals surface area contributed by atoms with Crippen LogP contribution in [0.25, 0.3) is 0 Å². The van der Waals surface area contributed by atoms with Gasteiger partial charge in [0.1, 0.15) is 5.56 Å². The summed E-state index contributed by atoms with van der Waals surface area (Å²) in [6, 6.07) is 3.32. The van der Waals surface area contributed by atoms with Crippen molar-refractivity contribution in [1.82, 2.24) is 0 Å². The predicted octanol–water partition coefficient (Wildman–Crippen LogP) is 4.13. The summed E-state index contributed by atoms with van der Waals surface area (Å²) in [4.78, 5) is 9.86. The van der Waals surface area contributed by atoms with E-state index in [2.05, 4.69) is 0 Å². The SMILES string of the molecule is CCC(C)c1cccc(C(F)(F)F)c1[N+](=O)[O-]. The van der Waals surface area contributed by atoms with Crippen molar-refractivity contribution in [2.24, 2.45) is 0 Å². The van der Waals surface area contributed by atoms with Crippen molar-refractivity contribution < 1.29 is 18.1 Å². The maximum Gasteiger partial charge on any atom is 0.423 e. The first-order valence-corrected chi connectivity index (χ1v) is 5.13. The Labute approximate surface area is 96.4 Å². The number of alkyl halides is 3. The number of benzene rings is 1. The second kappa shape index (κ2) is 4.73. The lowest BCUT2D eigenvalue weighted by Gasteiger charge is -2.13. The van der Waals surface area contributed by atoms with Crippen molar-refractivity contribution in [2.75, 3.05) is 0 Å². The number of rotatable bonds is 3. The van der Waals surface area contributed by atoms with E-state index in [0.717, 1.165) is 6.07 Å². The van der Waals surface area contributed by atoms with Gasteiger partial charge in [-0.3, -0.25) is 10.1 Å². The van der Waals surface area contributed by atoms with Crippen molar-refractivity contribution in [3.63, 3.8) is 0 Å². The third-order valence-electron chi connectivity index (χ3n) is 2.70. The summed E-state index contributed by atoms with van der Waals surface area (Å²) in [6.45, 7) is 3.44. The van der Waals surface area contributed by atoms with Crippen LogP contribution in [0.15, 0.2) is 18.2 Å². The van der Waals surface area contributed by atoms with Crippen LogP contribution in [-0.2, 0) is 6.18 Å². The molecule has 0 saturated carbocycles. The Morgan fingerprint density at radius 2 is 2.00 bits per heavy atom. The number of nitrogens with zero attached hydrogens (tertiary/aromatic N) is 1. The van der Waals surface area contributed by atoms with Crippen LogP contribution in [-0.4, -0.2) is 4.92 Å². The second-order valence-electron chi connectivity index (χ2n) is 3.81. The van der Waals surface area contributed by atoms with Gasteiger partial charge >= 0.3 is 6.18 Å². The van der Waals surface area contributed by atoms with Gasteiger partial charge in [-0.15, -0.1) is 0 Å². The van der Waals surface area contributed by atoms with Crippen molar-refractivity contribution in [3.8, 4) is 0 Å². The molecule has 17 heavy (non-hydrogen) atoms. The molecule has 1 unspecified atom stereocenters. The summed E-state index contributed by atoms with van der Waals surface area (Å²) in [5.41, 5.74) is -1.87. The molecule has 0 amide bonds. The number of halogens is 3. The van der Waals surface area contributed by atoms with Crippen LogP contribution in [0, 0.1) is 10.1 Å². The summed E-state index contributed by atoms with van der Waals surface area (Å²) in [5.74, 6) is -0.280. The quantitative estimate of drug-likeness (QED) is 0.595. The third kappa shape index (κ3) is 2.75. The van der Waals surface area contributed by atoms with Crippen molar-refractivity contribution in [3.05, 3.63) is 39.4 Å². The van der Waals surface area contributed by atoms with Gasteiger partial charge in [0.2, 0.25) is 0 Å². The highest BCUT2D eigenvalue weighted by Crippen LogP contribution is 2.40. The molecule has 0 spiro atoms. The van der Waals surface area contributed by atoms with Gasteiger partial charge in [0.05, 0.1) is 4.92 Å². The van der Waals surface area contributed by atoms with Gasteiger partial charge in [0.15, 0.2) is 0 Å². The molecule has 0 saturated heterocycles. The molecular formula is C11H12F3NO2. The van der Waals surface area contributed by atoms with Gasteiger partial charge in [-0.25, -0.2) is 0 Å². The van der Waals surface area contributed by atoms with Gasteiger partial charge in [-0.1, -0.05) is 26.0 Å². The molecule has 1 aromatic rings. The van der Waals surface area contributed by atoms with E-state index in [1.807, 2.05) is 0 Å². The lowest BCUT2D eigenvalue weighted by atomic mass is 9.94. The number of para-hydroxylation sites is 1. The van der Waals surface area contributed by atoms with E-state index in [1.54, 1.807) is 13.8 Å². The summed E-state index contributed by atoms with van der Waals surface area (Å²) < 4.78 is 38.0. The van der Waals surface area contributed by atoms with Crippen LogP contribution >= 0.6 is 0 Å². The summed E-state index contributed by atoms with van der Waals surface area (Å²) >= 11 is 0. The fourth-order valence-electron chi connectivity index (χ4n) is 1.61. The average Bonchev–Trinajstić information content (AvgIpc) is 2.25. The van der Waals surface area contributed by atoms with Crippen LogP contribution in [0.4, 0.5) is 18.9 Å². The minimum atomic E-state index is -4.70. The van der Waals surface area contributed by atoms with Crippen molar-refractivity contribution >= 4 is 5.69 Å². The molecule has 3 nitrogen and oxygen atoms in total. The Balaban J connectivity index is 3.48. The molecule has 94 valence electrons. The average molecular weight is 247 g/mol.